The lowest BCUT2D eigenvalue weighted by molar-refractivity contribution is 0.0691. The molecule has 1 heterocycles. The van der Waals surface area contributed by atoms with Crippen molar-refractivity contribution in [2.75, 3.05) is 27.3 Å². The second-order valence-electron chi connectivity index (χ2n) is 6.95. The maximum absolute atomic E-state index is 13.0. The minimum Gasteiger partial charge on any atom is -0.496 e. The van der Waals surface area contributed by atoms with Crippen molar-refractivity contribution in [3.63, 3.8) is 0 Å². The third-order valence-electron chi connectivity index (χ3n) is 5.04. The molecular weight excluding hydrogens is 356 g/mol. The fraction of sp³-hybridized carbons (Fsp3) is 0.364. The Hall–Kier alpha value is -3.02. The Balaban J connectivity index is 1.63. The number of methoxy groups -OCH3 is 2. The molecule has 0 bridgehead atoms. The topological polar surface area (TPSA) is 67.9 Å². The van der Waals surface area contributed by atoms with Gasteiger partial charge in [-0.3, -0.25) is 9.59 Å². The molecule has 1 aliphatic heterocycles. The zero-order valence-electron chi connectivity index (χ0n) is 16.5. The van der Waals surface area contributed by atoms with Crippen molar-refractivity contribution in [2.24, 2.45) is 0 Å². The SMILES string of the molecule is COc1cccc(OC)c1C(=O)N1CCC(NC(=O)c2cccc(C)c2)CC1. The van der Waals surface area contributed by atoms with E-state index >= 15 is 0 Å². The third kappa shape index (κ3) is 4.27. The van der Waals surface area contributed by atoms with Gasteiger partial charge in [0, 0.05) is 24.7 Å². The molecule has 0 radical (unpaired) electrons. The largest absolute Gasteiger partial charge is 0.496 e. The summed E-state index contributed by atoms with van der Waals surface area (Å²) < 4.78 is 10.7. The van der Waals surface area contributed by atoms with Crippen LogP contribution in [0.15, 0.2) is 42.5 Å². The van der Waals surface area contributed by atoms with Crippen LogP contribution in [0.25, 0.3) is 0 Å². The molecular formula is C22H26N2O4. The third-order valence-corrected chi connectivity index (χ3v) is 5.04. The van der Waals surface area contributed by atoms with E-state index in [9.17, 15) is 9.59 Å². The normalized spacial score (nSPS) is 14.5. The zero-order chi connectivity index (χ0) is 20.1. The summed E-state index contributed by atoms with van der Waals surface area (Å²) in [4.78, 5) is 27.3. The van der Waals surface area contributed by atoms with Gasteiger partial charge in [-0.2, -0.15) is 0 Å². The van der Waals surface area contributed by atoms with E-state index in [-0.39, 0.29) is 17.9 Å². The van der Waals surface area contributed by atoms with Gasteiger partial charge in [-0.1, -0.05) is 23.8 Å². The van der Waals surface area contributed by atoms with Gasteiger partial charge in [0.1, 0.15) is 17.1 Å². The minimum atomic E-state index is -0.113. The molecule has 6 nitrogen and oxygen atoms in total. The number of nitrogens with one attached hydrogen (secondary N) is 1. The van der Waals surface area contributed by atoms with Crippen LogP contribution in [-0.2, 0) is 0 Å². The Morgan fingerprint density at radius 1 is 1.00 bits per heavy atom. The van der Waals surface area contributed by atoms with Crippen LogP contribution in [-0.4, -0.2) is 50.1 Å². The molecule has 1 saturated heterocycles. The quantitative estimate of drug-likeness (QED) is 0.863. The molecule has 1 aliphatic rings. The molecule has 0 unspecified atom stereocenters. The number of aryl methyl sites for hydroxylation is 1. The smallest absolute Gasteiger partial charge is 0.261 e. The maximum Gasteiger partial charge on any atom is 0.261 e. The number of piperidine rings is 1. The Bertz CT molecular complexity index is 835. The van der Waals surface area contributed by atoms with Crippen molar-refractivity contribution < 1.29 is 19.1 Å². The first-order valence-electron chi connectivity index (χ1n) is 9.41. The molecule has 28 heavy (non-hydrogen) atoms. The first kappa shape index (κ1) is 19.7. The molecule has 2 aromatic carbocycles. The van der Waals surface area contributed by atoms with Crippen LogP contribution in [0.4, 0.5) is 0 Å². The molecule has 1 N–H and O–H groups in total. The molecule has 3 rings (SSSR count). The molecule has 0 saturated carbocycles. The van der Waals surface area contributed by atoms with E-state index in [1.807, 2.05) is 31.2 Å². The van der Waals surface area contributed by atoms with Crippen molar-refractivity contribution in [3.8, 4) is 11.5 Å². The molecule has 1 fully saturated rings. The van der Waals surface area contributed by atoms with Crippen LogP contribution >= 0.6 is 0 Å². The summed E-state index contributed by atoms with van der Waals surface area (Å²) in [6.45, 7) is 3.10. The van der Waals surface area contributed by atoms with Crippen LogP contribution in [0.2, 0.25) is 0 Å². The number of ether oxygens (including phenoxy) is 2. The molecule has 0 aliphatic carbocycles. The van der Waals surface area contributed by atoms with E-state index in [0.717, 1.165) is 5.56 Å². The summed E-state index contributed by atoms with van der Waals surface area (Å²) in [7, 11) is 3.08. The first-order valence-corrected chi connectivity index (χ1v) is 9.41. The number of hydrogen-bond donors (Lipinski definition) is 1. The highest BCUT2D eigenvalue weighted by atomic mass is 16.5. The number of likely N-dealkylation sites (tertiary alicyclic amines) is 1. The summed E-state index contributed by atoms with van der Waals surface area (Å²) in [6, 6.07) is 12.9. The molecule has 0 aromatic heterocycles. The van der Waals surface area contributed by atoms with Crippen LogP contribution in [0.1, 0.15) is 39.1 Å². The van der Waals surface area contributed by atoms with Crippen molar-refractivity contribution in [3.05, 3.63) is 59.2 Å². The van der Waals surface area contributed by atoms with Crippen molar-refractivity contribution in [2.45, 2.75) is 25.8 Å². The van der Waals surface area contributed by atoms with Crippen LogP contribution in [0.5, 0.6) is 11.5 Å². The second kappa shape index (κ2) is 8.78. The number of benzene rings is 2. The zero-order valence-corrected chi connectivity index (χ0v) is 16.5. The van der Waals surface area contributed by atoms with Crippen LogP contribution in [0.3, 0.4) is 0 Å². The standard InChI is InChI=1S/C22H26N2O4/c1-15-6-4-7-16(14-15)21(25)23-17-10-12-24(13-11-17)22(26)20-18(27-2)8-5-9-19(20)28-3/h4-9,14,17H,10-13H2,1-3H3,(H,23,25). The van der Waals surface area contributed by atoms with Gasteiger partial charge in [0.2, 0.25) is 0 Å². The number of rotatable bonds is 5. The molecule has 148 valence electrons. The molecule has 0 spiro atoms. The summed E-state index contributed by atoms with van der Waals surface area (Å²) in [5.41, 5.74) is 2.16. The van der Waals surface area contributed by atoms with Gasteiger partial charge in [0.15, 0.2) is 0 Å². The van der Waals surface area contributed by atoms with Crippen molar-refractivity contribution in [1.82, 2.24) is 10.2 Å². The minimum absolute atomic E-state index is 0.0524. The highest BCUT2D eigenvalue weighted by Gasteiger charge is 2.28. The first-order chi connectivity index (χ1) is 13.5. The van der Waals surface area contributed by atoms with Gasteiger partial charge in [-0.05, 0) is 44.0 Å². The predicted molar refractivity (Wildman–Crippen MR) is 107 cm³/mol. The van der Waals surface area contributed by atoms with E-state index in [2.05, 4.69) is 5.32 Å². The van der Waals surface area contributed by atoms with Crippen molar-refractivity contribution >= 4 is 11.8 Å². The van der Waals surface area contributed by atoms with E-state index in [0.29, 0.717) is 48.6 Å². The number of hydrogen-bond acceptors (Lipinski definition) is 4. The number of amides is 2. The monoisotopic (exact) mass is 382 g/mol. The number of nitrogens with zero attached hydrogens (tertiary/aromatic N) is 1. The highest BCUT2D eigenvalue weighted by Crippen LogP contribution is 2.30. The fourth-order valence-corrected chi connectivity index (χ4v) is 3.50. The predicted octanol–water partition coefficient (Wildman–Crippen LogP) is 3.05. The lowest BCUT2D eigenvalue weighted by Crippen LogP contribution is -2.46. The maximum atomic E-state index is 13.0. The lowest BCUT2D eigenvalue weighted by atomic mass is 10.0. The van der Waals surface area contributed by atoms with Crippen LogP contribution in [0, 0.1) is 6.92 Å². The van der Waals surface area contributed by atoms with Gasteiger partial charge < -0.3 is 19.7 Å². The van der Waals surface area contributed by atoms with Gasteiger partial charge >= 0.3 is 0 Å². The average Bonchev–Trinajstić information content (AvgIpc) is 2.73. The average molecular weight is 382 g/mol. The van der Waals surface area contributed by atoms with Gasteiger partial charge in [-0.15, -0.1) is 0 Å². The Kier molecular flexibility index (Phi) is 6.19. The Morgan fingerprint density at radius 3 is 2.18 bits per heavy atom. The van der Waals surface area contributed by atoms with Gasteiger partial charge in [0.25, 0.3) is 11.8 Å². The molecule has 2 amide bonds. The van der Waals surface area contributed by atoms with E-state index < -0.39 is 0 Å². The summed E-state index contributed by atoms with van der Waals surface area (Å²) in [5, 5.41) is 3.08. The second-order valence-corrected chi connectivity index (χ2v) is 6.95. The van der Waals surface area contributed by atoms with Gasteiger partial charge in [0.05, 0.1) is 14.2 Å². The highest BCUT2D eigenvalue weighted by molar-refractivity contribution is 6.00. The summed E-state index contributed by atoms with van der Waals surface area (Å²) >= 11 is 0. The van der Waals surface area contributed by atoms with E-state index in [4.69, 9.17) is 9.47 Å². The van der Waals surface area contributed by atoms with E-state index in [1.54, 1.807) is 37.3 Å². The van der Waals surface area contributed by atoms with Crippen molar-refractivity contribution in [1.29, 1.82) is 0 Å². The molecule has 0 atom stereocenters. The fourth-order valence-electron chi connectivity index (χ4n) is 3.50. The summed E-state index contributed by atoms with van der Waals surface area (Å²) in [5.74, 6) is 0.816. The lowest BCUT2D eigenvalue weighted by Gasteiger charge is -2.33. The molecule has 6 heteroatoms. The summed E-state index contributed by atoms with van der Waals surface area (Å²) in [6.07, 6.45) is 1.42. The number of carbonyl (C=O) groups is 2. The number of carbonyl (C=O) groups excluding carboxylic acids is 2. The van der Waals surface area contributed by atoms with Crippen LogP contribution < -0.4 is 14.8 Å². The Morgan fingerprint density at radius 2 is 1.61 bits per heavy atom. The molecule has 2 aromatic rings. The van der Waals surface area contributed by atoms with Gasteiger partial charge in [-0.25, -0.2) is 0 Å². The van der Waals surface area contributed by atoms with E-state index in [1.165, 1.54) is 0 Å². The Labute approximate surface area is 165 Å².